The number of hydrogen-bond acceptors (Lipinski definition) is 6. The molecule has 116 valence electrons. The number of nitrogens with zero attached hydrogens (tertiary/aromatic N) is 1. The van der Waals surface area contributed by atoms with Crippen LogP contribution in [-0.2, 0) is 14.8 Å². The summed E-state index contributed by atoms with van der Waals surface area (Å²) in [7, 11) is -4.15. The first-order chi connectivity index (χ1) is 9.75. The van der Waals surface area contributed by atoms with E-state index in [4.69, 9.17) is 9.88 Å². The molecular formula is C11H15N3O6S. The van der Waals surface area contributed by atoms with E-state index in [1.54, 1.807) is 6.92 Å². The van der Waals surface area contributed by atoms with Crippen LogP contribution in [0.4, 0.5) is 5.69 Å². The zero-order valence-corrected chi connectivity index (χ0v) is 12.1. The molecule has 21 heavy (non-hydrogen) atoms. The Hall–Kier alpha value is -2.04. The van der Waals surface area contributed by atoms with E-state index in [0.717, 1.165) is 18.2 Å². The van der Waals surface area contributed by atoms with Crippen molar-refractivity contribution in [1.82, 2.24) is 5.32 Å². The van der Waals surface area contributed by atoms with Crippen LogP contribution >= 0.6 is 0 Å². The first-order valence-corrected chi connectivity index (χ1v) is 7.48. The molecule has 0 aliphatic rings. The lowest BCUT2D eigenvalue weighted by molar-refractivity contribution is -0.385. The van der Waals surface area contributed by atoms with Gasteiger partial charge in [0, 0.05) is 30.8 Å². The number of ether oxygens (including phenoxy) is 1. The minimum atomic E-state index is -4.15. The number of carbonyl (C=O) groups is 1. The summed E-state index contributed by atoms with van der Waals surface area (Å²) >= 11 is 0. The first kappa shape index (κ1) is 17.0. The molecule has 9 nitrogen and oxygen atoms in total. The van der Waals surface area contributed by atoms with E-state index in [1.807, 2.05) is 0 Å². The van der Waals surface area contributed by atoms with Gasteiger partial charge in [0.15, 0.2) is 0 Å². The van der Waals surface area contributed by atoms with E-state index in [0.29, 0.717) is 6.61 Å². The van der Waals surface area contributed by atoms with E-state index in [1.165, 1.54) is 0 Å². The second kappa shape index (κ2) is 7.11. The fourth-order valence-electron chi connectivity index (χ4n) is 1.47. The highest BCUT2D eigenvalue weighted by atomic mass is 32.2. The lowest BCUT2D eigenvalue weighted by Gasteiger charge is -2.07. The molecule has 0 aromatic heterocycles. The molecule has 0 aliphatic heterocycles. The Morgan fingerprint density at radius 1 is 1.43 bits per heavy atom. The number of non-ortho nitro benzene ring substituents is 1. The Bertz CT molecular complexity index is 643. The number of sulfonamides is 1. The summed E-state index contributed by atoms with van der Waals surface area (Å²) < 4.78 is 27.6. The largest absolute Gasteiger partial charge is 0.380 e. The van der Waals surface area contributed by atoms with Gasteiger partial charge in [-0.3, -0.25) is 14.9 Å². The lowest BCUT2D eigenvalue weighted by atomic mass is 10.2. The molecule has 0 atom stereocenters. The topological polar surface area (TPSA) is 142 Å². The Labute approximate surface area is 121 Å². The van der Waals surface area contributed by atoms with Crippen molar-refractivity contribution < 1.29 is 22.9 Å². The first-order valence-electron chi connectivity index (χ1n) is 5.94. The Morgan fingerprint density at radius 2 is 2.10 bits per heavy atom. The fourth-order valence-corrected chi connectivity index (χ4v) is 2.04. The van der Waals surface area contributed by atoms with Crippen molar-refractivity contribution in [1.29, 1.82) is 0 Å². The molecule has 0 fully saturated rings. The zero-order valence-electron chi connectivity index (χ0n) is 11.2. The van der Waals surface area contributed by atoms with Crippen molar-refractivity contribution in [3.8, 4) is 0 Å². The average molecular weight is 317 g/mol. The third kappa shape index (κ3) is 5.10. The van der Waals surface area contributed by atoms with Crippen LogP contribution < -0.4 is 10.5 Å². The standard InChI is InChI=1S/C11H15N3O6S/c1-2-20-4-3-13-11(15)8-5-9(14(16)17)7-10(6-8)21(12,18)19/h5-7H,2-4H2,1H3,(H,13,15)(H2,12,18,19). The van der Waals surface area contributed by atoms with E-state index >= 15 is 0 Å². The smallest absolute Gasteiger partial charge is 0.271 e. The van der Waals surface area contributed by atoms with Crippen LogP contribution in [0.25, 0.3) is 0 Å². The summed E-state index contributed by atoms with van der Waals surface area (Å²) in [5.41, 5.74) is -0.693. The minimum Gasteiger partial charge on any atom is -0.380 e. The van der Waals surface area contributed by atoms with Gasteiger partial charge in [0.1, 0.15) is 0 Å². The number of amides is 1. The molecule has 1 aromatic carbocycles. The number of primary sulfonamides is 1. The Kier molecular flexibility index (Phi) is 5.76. The minimum absolute atomic E-state index is 0.162. The van der Waals surface area contributed by atoms with Crippen molar-refractivity contribution in [2.75, 3.05) is 19.8 Å². The molecule has 3 N–H and O–H groups in total. The van der Waals surface area contributed by atoms with Gasteiger partial charge in [0.25, 0.3) is 11.6 Å². The second-order valence-corrected chi connectivity index (χ2v) is 5.53. The van der Waals surface area contributed by atoms with E-state index < -0.39 is 31.4 Å². The summed E-state index contributed by atoms with van der Waals surface area (Å²) in [4.78, 5) is 21.3. The maximum absolute atomic E-state index is 11.8. The SMILES string of the molecule is CCOCCNC(=O)c1cc([N+](=O)[O-])cc(S(N)(=O)=O)c1. The van der Waals surface area contributed by atoms with Gasteiger partial charge in [-0.05, 0) is 13.0 Å². The van der Waals surface area contributed by atoms with Crippen LogP contribution in [0.15, 0.2) is 23.1 Å². The second-order valence-electron chi connectivity index (χ2n) is 3.97. The highest BCUT2D eigenvalue weighted by Gasteiger charge is 2.19. The van der Waals surface area contributed by atoms with Gasteiger partial charge in [-0.2, -0.15) is 0 Å². The number of rotatable bonds is 7. The van der Waals surface area contributed by atoms with Gasteiger partial charge < -0.3 is 10.1 Å². The normalized spacial score (nSPS) is 11.1. The van der Waals surface area contributed by atoms with Crippen molar-refractivity contribution in [2.24, 2.45) is 5.14 Å². The van der Waals surface area contributed by atoms with Crippen molar-refractivity contribution in [3.63, 3.8) is 0 Å². The maximum Gasteiger partial charge on any atom is 0.271 e. The van der Waals surface area contributed by atoms with Crippen molar-refractivity contribution in [3.05, 3.63) is 33.9 Å². The summed E-state index contributed by atoms with van der Waals surface area (Å²) in [6, 6.07) is 2.76. The van der Waals surface area contributed by atoms with E-state index in [9.17, 15) is 23.3 Å². The maximum atomic E-state index is 11.8. The van der Waals surface area contributed by atoms with Crippen molar-refractivity contribution in [2.45, 2.75) is 11.8 Å². The molecular weight excluding hydrogens is 302 g/mol. The lowest BCUT2D eigenvalue weighted by Crippen LogP contribution is -2.27. The number of nitrogens with one attached hydrogen (secondary N) is 1. The molecule has 1 aromatic rings. The average Bonchev–Trinajstić information content (AvgIpc) is 2.41. The zero-order chi connectivity index (χ0) is 16.0. The van der Waals surface area contributed by atoms with Crippen LogP contribution in [0.5, 0.6) is 0 Å². The molecule has 0 radical (unpaired) electrons. The van der Waals surface area contributed by atoms with E-state index in [-0.39, 0.29) is 18.7 Å². The molecule has 0 saturated carbocycles. The van der Waals surface area contributed by atoms with Crippen LogP contribution in [0.1, 0.15) is 17.3 Å². The highest BCUT2D eigenvalue weighted by Crippen LogP contribution is 2.20. The number of nitro benzene ring substituents is 1. The molecule has 0 bridgehead atoms. The van der Waals surface area contributed by atoms with Crippen LogP contribution in [0.3, 0.4) is 0 Å². The van der Waals surface area contributed by atoms with E-state index in [2.05, 4.69) is 5.32 Å². The van der Waals surface area contributed by atoms with Gasteiger partial charge in [-0.15, -0.1) is 0 Å². The van der Waals surface area contributed by atoms with Gasteiger partial charge in [0.2, 0.25) is 10.0 Å². The quantitative estimate of drug-likeness (QED) is 0.412. The van der Waals surface area contributed by atoms with Crippen molar-refractivity contribution >= 4 is 21.6 Å². The van der Waals surface area contributed by atoms with Crippen LogP contribution in [0.2, 0.25) is 0 Å². The molecule has 0 saturated heterocycles. The molecule has 0 unspecified atom stereocenters. The molecule has 0 spiro atoms. The number of nitrogens with two attached hydrogens (primary N) is 1. The molecule has 0 aliphatic carbocycles. The predicted molar refractivity (Wildman–Crippen MR) is 73.3 cm³/mol. The molecule has 1 amide bonds. The summed E-state index contributed by atoms with van der Waals surface area (Å²) in [6.45, 7) is 2.75. The number of nitro groups is 1. The highest BCUT2D eigenvalue weighted by molar-refractivity contribution is 7.89. The Balaban J connectivity index is 3.03. The van der Waals surface area contributed by atoms with Gasteiger partial charge in [0.05, 0.1) is 16.4 Å². The van der Waals surface area contributed by atoms with Gasteiger partial charge >= 0.3 is 0 Å². The Morgan fingerprint density at radius 3 is 2.62 bits per heavy atom. The molecule has 1 rings (SSSR count). The summed E-state index contributed by atoms with van der Waals surface area (Å²) in [5, 5.41) is 18.2. The summed E-state index contributed by atoms with van der Waals surface area (Å²) in [6.07, 6.45) is 0. The number of benzene rings is 1. The molecule has 10 heteroatoms. The third-order valence-corrected chi connectivity index (χ3v) is 3.32. The van der Waals surface area contributed by atoms with Crippen LogP contribution in [0, 0.1) is 10.1 Å². The monoisotopic (exact) mass is 317 g/mol. The third-order valence-electron chi connectivity index (χ3n) is 2.43. The van der Waals surface area contributed by atoms with Gasteiger partial charge in [-0.25, -0.2) is 13.6 Å². The molecule has 0 heterocycles. The predicted octanol–water partition coefficient (Wildman–Crippen LogP) is 0.00850. The fraction of sp³-hybridized carbons (Fsp3) is 0.364. The van der Waals surface area contributed by atoms with Gasteiger partial charge in [-0.1, -0.05) is 0 Å². The number of hydrogen-bond donors (Lipinski definition) is 2. The van der Waals surface area contributed by atoms with Crippen LogP contribution in [-0.4, -0.2) is 39.0 Å². The summed E-state index contributed by atoms with van der Waals surface area (Å²) in [5.74, 6) is -0.650. The number of carbonyl (C=O) groups excluding carboxylic acids is 1.